The van der Waals surface area contributed by atoms with Gasteiger partial charge >= 0.3 is 5.97 Å². The molecule has 3 aromatic rings. The Morgan fingerprint density at radius 3 is 2.51 bits per heavy atom. The average molecular weight is 480 g/mol. The van der Waals surface area contributed by atoms with Crippen molar-refractivity contribution in [2.45, 2.75) is 39.7 Å². The van der Waals surface area contributed by atoms with Crippen LogP contribution in [0, 0.1) is 11.2 Å². The first-order valence-electron chi connectivity index (χ1n) is 11.6. The Morgan fingerprint density at radius 2 is 1.86 bits per heavy atom. The standard InChI is InChI=1S/C28H30FNO5/c1-28(2,3)26-13-17-12-25(35-11-7-10-34-4)20(18-8-5-6-9-22(18)29)14-19(17)23-15-24(31)21(27(32)33)16-30(23)26/h5-6,8-9,12,14-16,26H,7,10-11,13H2,1-4H3,(H,32,33)/t26-/m0/s1. The lowest BCUT2D eigenvalue weighted by Gasteiger charge is -2.39. The van der Waals surface area contributed by atoms with Crippen molar-refractivity contribution in [3.63, 3.8) is 0 Å². The summed E-state index contributed by atoms with van der Waals surface area (Å²) in [6.07, 6.45) is 2.74. The van der Waals surface area contributed by atoms with Gasteiger partial charge in [-0.1, -0.05) is 39.0 Å². The van der Waals surface area contributed by atoms with Crippen LogP contribution >= 0.6 is 0 Å². The van der Waals surface area contributed by atoms with Crippen LogP contribution in [0.1, 0.15) is 49.2 Å². The van der Waals surface area contributed by atoms with Crippen molar-refractivity contribution >= 4 is 5.97 Å². The van der Waals surface area contributed by atoms with E-state index in [0.717, 1.165) is 11.1 Å². The highest BCUT2D eigenvalue weighted by molar-refractivity contribution is 5.88. The van der Waals surface area contributed by atoms with Gasteiger partial charge in [0.15, 0.2) is 5.43 Å². The lowest BCUT2D eigenvalue weighted by atomic mass is 9.78. The second kappa shape index (κ2) is 9.66. The number of methoxy groups -OCH3 is 1. The minimum Gasteiger partial charge on any atom is -0.493 e. The number of fused-ring (bicyclic) bond motifs is 3. The van der Waals surface area contributed by atoms with Gasteiger partial charge in [0.05, 0.1) is 12.3 Å². The molecule has 0 radical (unpaired) electrons. The molecular weight excluding hydrogens is 449 g/mol. The minimum absolute atomic E-state index is 0.0932. The number of halogens is 1. The number of aromatic nitrogens is 1. The zero-order valence-electron chi connectivity index (χ0n) is 20.4. The van der Waals surface area contributed by atoms with Crippen LogP contribution in [0.5, 0.6) is 5.75 Å². The van der Waals surface area contributed by atoms with Gasteiger partial charge in [-0.25, -0.2) is 9.18 Å². The third kappa shape index (κ3) is 4.86. The van der Waals surface area contributed by atoms with Gasteiger partial charge in [0.25, 0.3) is 0 Å². The van der Waals surface area contributed by atoms with Crippen molar-refractivity contribution in [3.05, 3.63) is 75.8 Å². The molecule has 0 unspecified atom stereocenters. The van der Waals surface area contributed by atoms with E-state index in [4.69, 9.17) is 9.47 Å². The molecule has 1 aromatic heterocycles. The van der Waals surface area contributed by atoms with E-state index < -0.39 is 11.4 Å². The molecule has 184 valence electrons. The minimum atomic E-state index is -1.25. The summed E-state index contributed by atoms with van der Waals surface area (Å²) >= 11 is 0. The largest absolute Gasteiger partial charge is 0.493 e. The molecule has 4 rings (SSSR count). The van der Waals surface area contributed by atoms with E-state index in [9.17, 15) is 19.1 Å². The van der Waals surface area contributed by atoms with Crippen molar-refractivity contribution in [1.29, 1.82) is 0 Å². The van der Waals surface area contributed by atoms with E-state index in [1.165, 1.54) is 18.3 Å². The molecule has 7 heteroatoms. The number of carboxylic acids is 1. The third-order valence-corrected chi connectivity index (χ3v) is 6.45. The number of carbonyl (C=O) groups is 1. The van der Waals surface area contributed by atoms with E-state index >= 15 is 0 Å². The summed E-state index contributed by atoms with van der Waals surface area (Å²) in [5.74, 6) is -1.07. The Labute approximate surface area is 203 Å². The maximum absolute atomic E-state index is 14.9. The fourth-order valence-corrected chi connectivity index (χ4v) is 4.64. The number of rotatable bonds is 7. The fraction of sp³-hybridized carbons (Fsp3) is 0.357. The van der Waals surface area contributed by atoms with Crippen LogP contribution < -0.4 is 10.2 Å². The Hall–Kier alpha value is -3.45. The van der Waals surface area contributed by atoms with Crippen molar-refractivity contribution in [2.75, 3.05) is 20.3 Å². The van der Waals surface area contributed by atoms with Crippen LogP contribution in [0.15, 0.2) is 53.5 Å². The first-order chi connectivity index (χ1) is 16.6. The zero-order chi connectivity index (χ0) is 25.3. The van der Waals surface area contributed by atoms with Gasteiger partial charge in [-0.05, 0) is 35.6 Å². The molecule has 2 heterocycles. The van der Waals surface area contributed by atoms with E-state index in [1.54, 1.807) is 25.3 Å². The molecule has 0 aliphatic carbocycles. The summed E-state index contributed by atoms with van der Waals surface area (Å²) in [5.41, 5.74) is 2.28. The molecule has 35 heavy (non-hydrogen) atoms. The van der Waals surface area contributed by atoms with Crippen LogP contribution in [0.3, 0.4) is 0 Å². The summed E-state index contributed by atoms with van der Waals surface area (Å²) in [4.78, 5) is 24.4. The van der Waals surface area contributed by atoms with Crippen LogP contribution in [0.2, 0.25) is 0 Å². The average Bonchev–Trinajstić information content (AvgIpc) is 2.80. The predicted octanol–water partition coefficient (Wildman–Crippen LogP) is 5.58. The van der Waals surface area contributed by atoms with Gasteiger partial charge in [-0.2, -0.15) is 0 Å². The van der Waals surface area contributed by atoms with Crippen LogP contribution in [0.4, 0.5) is 4.39 Å². The number of hydrogen-bond donors (Lipinski definition) is 1. The number of nitrogens with zero attached hydrogens (tertiary/aromatic N) is 1. The van der Waals surface area contributed by atoms with Gasteiger partial charge in [0.2, 0.25) is 0 Å². The normalized spacial score (nSPS) is 14.8. The molecule has 0 saturated carbocycles. The van der Waals surface area contributed by atoms with Gasteiger partial charge < -0.3 is 19.1 Å². The van der Waals surface area contributed by atoms with Crippen LogP contribution in [-0.2, 0) is 11.2 Å². The molecule has 0 fully saturated rings. The van der Waals surface area contributed by atoms with Gasteiger partial charge in [0, 0.05) is 55.1 Å². The quantitative estimate of drug-likeness (QED) is 0.448. The molecular formula is C28H30FNO5. The van der Waals surface area contributed by atoms with Crippen molar-refractivity contribution in [3.8, 4) is 28.1 Å². The molecule has 0 amide bonds. The fourth-order valence-electron chi connectivity index (χ4n) is 4.64. The number of ether oxygens (including phenoxy) is 2. The maximum Gasteiger partial charge on any atom is 0.341 e. The highest BCUT2D eigenvalue weighted by Crippen LogP contribution is 2.46. The highest BCUT2D eigenvalue weighted by atomic mass is 19.1. The van der Waals surface area contributed by atoms with Gasteiger partial charge in [-0.15, -0.1) is 0 Å². The SMILES string of the molecule is COCCCOc1cc2c(cc1-c1ccccc1F)-c1cc(=O)c(C(=O)O)cn1[C@H](C(C)(C)C)C2. The first kappa shape index (κ1) is 24.7. The van der Waals surface area contributed by atoms with E-state index in [2.05, 4.69) is 20.8 Å². The number of carboxylic acid groups (broad SMARTS) is 1. The summed E-state index contributed by atoms with van der Waals surface area (Å²) in [6.45, 7) is 7.21. The Bertz CT molecular complexity index is 1320. The van der Waals surface area contributed by atoms with Gasteiger partial charge in [-0.3, -0.25) is 4.79 Å². The summed E-state index contributed by atoms with van der Waals surface area (Å²) in [5, 5.41) is 9.55. The number of aromatic carboxylic acids is 1. The van der Waals surface area contributed by atoms with E-state index in [0.29, 0.717) is 48.6 Å². The summed E-state index contributed by atoms with van der Waals surface area (Å²) in [6, 6.07) is 11.6. The second-order valence-corrected chi connectivity index (χ2v) is 9.92. The van der Waals surface area contributed by atoms with E-state index in [1.807, 2.05) is 16.7 Å². The van der Waals surface area contributed by atoms with Crippen molar-refractivity contribution in [1.82, 2.24) is 4.57 Å². The monoisotopic (exact) mass is 479 g/mol. The van der Waals surface area contributed by atoms with Crippen molar-refractivity contribution < 1.29 is 23.8 Å². The van der Waals surface area contributed by atoms with Crippen LogP contribution in [0.25, 0.3) is 22.4 Å². The molecule has 2 aromatic carbocycles. The topological polar surface area (TPSA) is 77.8 Å². The molecule has 0 spiro atoms. The second-order valence-electron chi connectivity index (χ2n) is 9.92. The number of hydrogen-bond acceptors (Lipinski definition) is 4. The smallest absolute Gasteiger partial charge is 0.341 e. The molecule has 0 bridgehead atoms. The zero-order valence-corrected chi connectivity index (χ0v) is 20.4. The molecule has 6 nitrogen and oxygen atoms in total. The molecule has 1 N–H and O–H groups in total. The van der Waals surface area contributed by atoms with E-state index in [-0.39, 0.29) is 22.8 Å². The summed E-state index contributed by atoms with van der Waals surface area (Å²) < 4.78 is 28.0. The maximum atomic E-state index is 14.9. The number of benzene rings is 2. The first-order valence-corrected chi connectivity index (χ1v) is 11.6. The molecule has 0 saturated heterocycles. The highest BCUT2D eigenvalue weighted by Gasteiger charge is 2.34. The molecule has 1 atom stereocenters. The lowest BCUT2D eigenvalue weighted by Crippen LogP contribution is -2.32. The third-order valence-electron chi connectivity index (χ3n) is 6.45. The Balaban J connectivity index is 1.94. The summed E-state index contributed by atoms with van der Waals surface area (Å²) in [7, 11) is 1.63. The van der Waals surface area contributed by atoms with Crippen molar-refractivity contribution in [2.24, 2.45) is 5.41 Å². The Kier molecular flexibility index (Phi) is 6.81. The predicted molar refractivity (Wildman–Crippen MR) is 133 cm³/mol. The van der Waals surface area contributed by atoms with Crippen LogP contribution in [-0.4, -0.2) is 36.0 Å². The Morgan fingerprint density at radius 1 is 1.11 bits per heavy atom. The van der Waals surface area contributed by atoms with Gasteiger partial charge in [0.1, 0.15) is 17.1 Å². The number of pyridine rings is 1. The molecule has 1 aliphatic rings. The molecule has 1 aliphatic heterocycles. The lowest BCUT2D eigenvalue weighted by molar-refractivity contribution is 0.0693.